The predicted molar refractivity (Wildman–Crippen MR) is 56.9 cm³/mol. The normalized spacial score (nSPS) is 24.5. The van der Waals surface area contributed by atoms with E-state index in [9.17, 15) is 0 Å². The summed E-state index contributed by atoms with van der Waals surface area (Å²) in [6.45, 7) is 1.72. The topological polar surface area (TPSA) is 35.2 Å². The van der Waals surface area contributed by atoms with Crippen LogP contribution in [0.3, 0.4) is 0 Å². The third-order valence-corrected chi connectivity index (χ3v) is 2.89. The highest BCUT2D eigenvalue weighted by molar-refractivity contribution is 5.19. The molecule has 2 N–H and O–H groups in total. The minimum absolute atomic E-state index is 0.136. The van der Waals surface area contributed by atoms with Crippen LogP contribution in [0.5, 0.6) is 0 Å². The van der Waals surface area contributed by atoms with Crippen LogP contribution in [0.2, 0.25) is 0 Å². The van der Waals surface area contributed by atoms with Crippen LogP contribution >= 0.6 is 0 Å². The molecule has 1 aromatic carbocycles. The molecule has 2 heteroatoms. The Labute approximate surface area is 85.1 Å². The second-order valence-electron chi connectivity index (χ2n) is 3.91. The van der Waals surface area contributed by atoms with E-state index in [1.54, 1.807) is 0 Å². The molecular formula is C12H17NO. The van der Waals surface area contributed by atoms with Gasteiger partial charge in [0.1, 0.15) is 0 Å². The average molecular weight is 191 g/mol. The van der Waals surface area contributed by atoms with Crippen molar-refractivity contribution in [3.8, 4) is 0 Å². The van der Waals surface area contributed by atoms with Crippen molar-refractivity contribution in [3.63, 3.8) is 0 Å². The van der Waals surface area contributed by atoms with Gasteiger partial charge in [0.2, 0.25) is 0 Å². The van der Waals surface area contributed by atoms with E-state index >= 15 is 0 Å². The van der Waals surface area contributed by atoms with Gasteiger partial charge in [0.15, 0.2) is 0 Å². The Hall–Kier alpha value is -0.860. The number of rotatable bonds is 2. The van der Waals surface area contributed by atoms with Gasteiger partial charge in [0.05, 0.1) is 6.61 Å². The van der Waals surface area contributed by atoms with Gasteiger partial charge in [-0.1, -0.05) is 30.3 Å². The van der Waals surface area contributed by atoms with E-state index in [2.05, 4.69) is 12.1 Å². The molecule has 0 spiro atoms. The molecule has 76 valence electrons. The van der Waals surface area contributed by atoms with Crippen molar-refractivity contribution in [2.45, 2.75) is 18.9 Å². The largest absolute Gasteiger partial charge is 0.381 e. The molecular weight excluding hydrogens is 174 g/mol. The maximum atomic E-state index is 6.19. The van der Waals surface area contributed by atoms with E-state index in [1.165, 1.54) is 12.0 Å². The quantitative estimate of drug-likeness (QED) is 0.777. The van der Waals surface area contributed by atoms with Crippen molar-refractivity contribution in [3.05, 3.63) is 35.9 Å². The van der Waals surface area contributed by atoms with Gasteiger partial charge in [-0.2, -0.15) is 0 Å². The summed E-state index contributed by atoms with van der Waals surface area (Å²) in [6, 6.07) is 10.4. The Morgan fingerprint density at radius 1 is 1.29 bits per heavy atom. The lowest BCUT2D eigenvalue weighted by Crippen LogP contribution is -2.28. The highest BCUT2D eigenvalue weighted by Gasteiger charge is 2.21. The number of hydrogen-bond acceptors (Lipinski definition) is 2. The lowest BCUT2D eigenvalue weighted by atomic mass is 9.89. The fraction of sp³-hybridized carbons (Fsp3) is 0.500. The molecule has 0 aliphatic carbocycles. The summed E-state index contributed by atoms with van der Waals surface area (Å²) in [7, 11) is 0. The van der Waals surface area contributed by atoms with Crippen LogP contribution in [-0.4, -0.2) is 13.2 Å². The number of benzene rings is 1. The Morgan fingerprint density at radius 3 is 2.71 bits per heavy atom. The number of nitrogens with two attached hydrogens (primary N) is 1. The molecule has 1 aliphatic rings. The smallest absolute Gasteiger partial charge is 0.0512 e. The second-order valence-corrected chi connectivity index (χ2v) is 3.91. The Balaban J connectivity index is 2.03. The Bertz CT molecular complexity index is 267. The molecule has 2 rings (SSSR count). The van der Waals surface area contributed by atoms with Crippen LogP contribution in [-0.2, 0) is 4.74 Å². The first-order valence-electron chi connectivity index (χ1n) is 5.26. The van der Waals surface area contributed by atoms with E-state index in [0.717, 1.165) is 19.6 Å². The van der Waals surface area contributed by atoms with E-state index in [0.29, 0.717) is 5.92 Å². The van der Waals surface area contributed by atoms with Crippen molar-refractivity contribution in [1.29, 1.82) is 0 Å². The summed E-state index contributed by atoms with van der Waals surface area (Å²) >= 11 is 0. The molecule has 0 saturated carbocycles. The van der Waals surface area contributed by atoms with Crippen molar-refractivity contribution in [2.75, 3.05) is 13.2 Å². The van der Waals surface area contributed by atoms with Crippen LogP contribution in [0.1, 0.15) is 24.4 Å². The molecule has 2 unspecified atom stereocenters. The number of ether oxygens (including phenoxy) is 1. The third-order valence-electron chi connectivity index (χ3n) is 2.89. The van der Waals surface area contributed by atoms with Crippen molar-refractivity contribution >= 4 is 0 Å². The van der Waals surface area contributed by atoms with Gasteiger partial charge in [0, 0.05) is 18.6 Å². The Kier molecular flexibility index (Phi) is 3.17. The zero-order valence-electron chi connectivity index (χ0n) is 8.36. The van der Waals surface area contributed by atoms with Crippen LogP contribution in [0.4, 0.5) is 0 Å². The lowest BCUT2D eigenvalue weighted by Gasteiger charge is -2.27. The summed E-state index contributed by atoms with van der Waals surface area (Å²) in [6.07, 6.45) is 2.33. The maximum absolute atomic E-state index is 6.19. The monoisotopic (exact) mass is 191 g/mol. The average Bonchev–Trinajstić information content (AvgIpc) is 2.30. The van der Waals surface area contributed by atoms with E-state index in [-0.39, 0.29) is 6.04 Å². The highest BCUT2D eigenvalue weighted by Crippen LogP contribution is 2.26. The van der Waals surface area contributed by atoms with Gasteiger partial charge < -0.3 is 10.5 Å². The van der Waals surface area contributed by atoms with Crippen molar-refractivity contribution in [2.24, 2.45) is 11.7 Å². The molecule has 0 aromatic heterocycles. The Morgan fingerprint density at radius 2 is 2.07 bits per heavy atom. The number of hydrogen-bond donors (Lipinski definition) is 1. The maximum Gasteiger partial charge on any atom is 0.0512 e. The zero-order chi connectivity index (χ0) is 9.80. The van der Waals surface area contributed by atoms with Gasteiger partial charge in [0.25, 0.3) is 0 Å². The molecule has 1 saturated heterocycles. The standard InChI is InChI=1S/C12H17NO/c13-12(10-5-2-1-3-6-10)11-7-4-8-14-9-11/h1-3,5-6,11-12H,4,7-9,13H2. The van der Waals surface area contributed by atoms with Gasteiger partial charge >= 0.3 is 0 Å². The van der Waals surface area contributed by atoms with Gasteiger partial charge in [-0.25, -0.2) is 0 Å². The fourth-order valence-electron chi connectivity index (χ4n) is 2.00. The molecule has 1 aliphatic heterocycles. The molecule has 0 bridgehead atoms. The molecule has 2 atom stereocenters. The van der Waals surface area contributed by atoms with Crippen molar-refractivity contribution in [1.82, 2.24) is 0 Å². The van der Waals surface area contributed by atoms with Crippen LogP contribution in [0.25, 0.3) is 0 Å². The van der Waals surface area contributed by atoms with Gasteiger partial charge in [-0.05, 0) is 18.4 Å². The molecule has 1 aromatic rings. The molecule has 0 radical (unpaired) electrons. The SMILES string of the molecule is NC(c1ccccc1)C1CCCOC1. The highest BCUT2D eigenvalue weighted by atomic mass is 16.5. The minimum Gasteiger partial charge on any atom is -0.381 e. The fourth-order valence-corrected chi connectivity index (χ4v) is 2.00. The van der Waals surface area contributed by atoms with E-state index in [1.807, 2.05) is 18.2 Å². The summed E-state index contributed by atoms with van der Waals surface area (Å²) in [5, 5.41) is 0. The summed E-state index contributed by atoms with van der Waals surface area (Å²) in [5.41, 5.74) is 7.41. The van der Waals surface area contributed by atoms with Crippen molar-refractivity contribution < 1.29 is 4.74 Å². The summed E-state index contributed by atoms with van der Waals surface area (Å²) in [4.78, 5) is 0. The molecule has 14 heavy (non-hydrogen) atoms. The third kappa shape index (κ3) is 2.14. The first-order valence-corrected chi connectivity index (χ1v) is 5.26. The molecule has 1 fully saturated rings. The van der Waals surface area contributed by atoms with Crippen LogP contribution < -0.4 is 5.73 Å². The lowest BCUT2D eigenvalue weighted by molar-refractivity contribution is 0.0448. The predicted octanol–water partition coefficient (Wildman–Crippen LogP) is 2.11. The molecule has 1 heterocycles. The summed E-state index contributed by atoms with van der Waals surface area (Å²) in [5.74, 6) is 0.492. The molecule has 2 nitrogen and oxygen atoms in total. The summed E-state index contributed by atoms with van der Waals surface area (Å²) < 4.78 is 5.44. The minimum atomic E-state index is 0.136. The second kappa shape index (κ2) is 4.58. The first kappa shape index (κ1) is 9.69. The van der Waals surface area contributed by atoms with Gasteiger partial charge in [-0.3, -0.25) is 0 Å². The van der Waals surface area contributed by atoms with E-state index < -0.39 is 0 Å². The first-order chi connectivity index (χ1) is 6.88. The molecule has 0 amide bonds. The zero-order valence-corrected chi connectivity index (χ0v) is 8.36. The van der Waals surface area contributed by atoms with Crippen LogP contribution in [0, 0.1) is 5.92 Å². The van der Waals surface area contributed by atoms with Crippen LogP contribution in [0.15, 0.2) is 30.3 Å². The van der Waals surface area contributed by atoms with E-state index in [4.69, 9.17) is 10.5 Å². The van der Waals surface area contributed by atoms with Gasteiger partial charge in [-0.15, -0.1) is 0 Å².